The summed E-state index contributed by atoms with van der Waals surface area (Å²) in [7, 11) is 0. The van der Waals surface area contributed by atoms with Gasteiger partial charge in [-0.3, -0.25) is 4.79 Å². The van der Waals surface area contributed by atoms with Crippen LogP contribution in [0.3, 0.4) is 0 Å². The molecule has 0 aliphatic rings. The Morgan fingerprint density at radius 2 is 2.24 bits per heavy atom. The standard InChI is InChI=1S/C10H7ClN2O4/c1-4-7(10(15)16)9(14)13-8(12-4)5-2-3-6(11)17-5/h2-3H,1H3,(H,15,16)(H,12,13,14). The van der Waals surface area contributed by atoms with Gasteiger partial charge in [0.1, 0.15) is 5.56 Å². The van der Waals surface area contributed by atoms with Crippen molar-refractivity contribution in [3.63, 3.8) is 0 Å². The highest BCUT2D eigenvalue weighted by molar-refractivity contribution is 6.28. The number of aromatic amines is 1. The van der Waals surface area contributed by atoms with Crippen LogP contribution in [0.5, 0.6) is 0 Å². The van der Waals surface area contributed by atoms with Crippen LogP contribution >= 0.6 is 11.6 Å². The number of carboxylic acids is 1. The molecular formula is C10H7ClN2O4. The third-order valence-corrected chi connectivity index (χ3v) is 2.32. The molecule has 2 rings (SSSR count). The first kappa shape index (κ1) is 11.4. The molecule has 2 aromatic rings. The van der Waals surface area contributed by atoms with Crippen LogP contribution in [0, 0.1) is 6.92 Å². The Bertz CT molecular complexity index is 644. The van der Waals surface area contributed by atoms with E-state index >= 15 is 0 Å². The summed E-state index contributed by atoms with van der Waals surface area (Å²) in [6.07, 6.45) is 0. The predicted octanol–water partition coefficient (Wildman–Crippen LogP) is 1.69. The van der Waals surface area contributed by atoms with Crippen LogP contribution in [0.1, 0.15) is 16.1 Å². The van der Waals surface area contributed by atoms with E-state index in [1.54, 1.807) is 0 Å². The molecule has 0 atom stereocenters. The number of carbonyl (C=O) groups is 1. The van der Waals surface area contributed by atoms with Gasteiger partial charge in [0.05, 0.1) is 5.69 Å². The summed E-state index contributed by atoms with van der Waals surface area (Å²) in [5, 5.41) is 8.96. The summed E-state index contributed by atoms with van der Waals surface area (Å²) in [5.74, 6) is -0.906. The second-order valence-electron chi connectivity index (χ2n) is 3.28. The second kappa shape index (κ2) is 4.06. The van der Waals surface area contributed by atoms with E-state index in [-0.39, 0.29) is 28.1 Å². The summed E-state index contributed by atoms with van der Waals surface area (Å²) in [5.41, 5.74) is -0.998. The molecule has 0 saturated carbocycles. The molecule has 2 heterocycles. The molecule has 0 aliphatic carbocycles. The van der Waals surface area contributed by atoms with E-state index in [0.717, 1.165) is 0 Å². The van der Waals surface area contributed by atoms with Gasteiger partial charge >= 0.3 is 5.97 Å². The van der Waals surface area contributed by atoms with Crippen molar-refractivity contribution in [2.45, 2.75) is 6.92 Å². The van der Waals surface area contributed by atoms with Crippen molar-refractivity contribution in [2.24, 2.45) is 0 Å². The Morgan fingerprint density at radius 3 is 2.71 bits per heavy atom. The smallest absolute Gasteiger partial charge is 0.343 e. The molecule has 0 radical (unpaired) electrons. The lowest BCUT2D eigenvalue weighted by molar-refractivity contribution is 0.0693. The van der Waals surface area contributed by atoms with E-state index in [4.69, 9.17) is 21.1 Å². The lowest BCUT2D eigenvalue weighted by atomic mass is 10.2. The van der Waals surface area contributed by atoms with Crippen molar-refractivity contribution in [2.75, 3.05) is 0 Å². The first-order valence-corrected chi connectivity index (χ1v) is 4.96. The third kappa shape index (κ3) is 2.07. The van der Waals surface area contributed by atoms with Gasteiger partial charge < -0.3 is 14.5 Å². The molecule has 2 aromatic heterocycles. The number of nitrogens with zero attached hydrogens (tertiary/aromatic N) is 1. The van der Waals surface area contributed by atoms with Gasteiger partial charge in [0.15, 0.2) is 16.8 Å². The van der Waals surface area contributed by atoms with Crippen molar-refractivity contribution in [1.82, 2.24) is 9.97 Å². The van der Waals surface area contributed by atoms with E-state index in [0.29, 0.717) is 0 Å². The molecule has 7 heteroatoms. The number of rotatable bonds is 2. The Hall–Kier alpha value is -2.08. The molecule has 0 spiro atoms. The van der Waals surface area contributed by atoms with Gasteiger partial charge in [0, 0.05) is 0 Å². The van der Waals surface area contributed by atoms with E-state index in [2.05, 4.69) is 9.97 Å². The van der Waals surface area contributed by atoms with Crippen molar-refractivity contribution >= 4 is 17.6 Å². The molecule has 88 valence electrons. The molecule has 0 aliphatic heterocycles. The fourth-order valence-corrected chi connectivity index (χ4v) is 1.54. The quantitative estimate of drug-likeness (QED) is 0.850. The number of nitrogens with one attached hydrogen (secondary N) is 1. The van der Waals surface area contributed by atoms with E-state index < -0.39 is 11.5 Å². The minimum atomic E-state index is -1.32. The molecule has 0 aromatic carbocycles. The minimum absolute atomic E-state index is 0.115. The minimum Gasteiger partial charge on any atom is -0.477 e. The van der Waals surface area contributed by atoms with Crippen LogP contribution in [-0.2, 0) is 0 Å². The fraction of sp³-hybridized carbons (Fsp3) is 0.100. The van der Waals surface area contributed by atoms with E-state index in [9.17, 15) is 9.59 Å². The van der Waals surface area contributed by atoms with Gasteiger partial charge in [-0.05, 0) is 30.7 Å². The number of hydrogen-bond acceptors (Lipinski definition) is 4. The maximum atomic E-state index is 11.5. The maximum Gasteiger partial charge on any atom is 0.343 e. The highest BCUT2D eigenvalue weighted by Gasteiger charge is 2.16. The molecule has 0 bridgehead atoms. The summed E-state index contributed by atoms with van der Waals surface area (Å²) >= 11 is 5.59. The Kier molecular flexibility index (Phi) is 2.72. The average molecular weight is 255 g/mol. The van der Waals surface area contributed by atoms with Crippen molar-refractivity contribution in [3.05, 3.63) is 39.0 Å². The Balaban J connectivity index is 2.60. The zero-order valence-electron chi connectivity index (χ0n) is 8.65. The molecule has 0 fully saturated rings. The van der Waals surface area contributed by atoms with E-state index in [1.165, 1.54) is 19.1 Å². The number of aromatic carboxylic acids is 1. The highest BCUT2D eigenvalue weighted by atomic mass is 35.5. The number of hydrogen-bond donors (Lipinski definition) is 2. The average Bonchev–Trinajstić information content (AvgIpc) is 2.63. The van der Waals surface area contributed by atoms with Gasteiger partial charge in [-0.25, -0.2) is 9.78 Å². The largest absolute Gasteiger partial charge is 0.477 e. The number of H-pyrrole nitrogens is 1. The number of halogens is 1. The first-order chi connectivity index (χ1) is 7.99. The number of aryl methyl sites for hydroxylation is 1. The molecule has 6 nitrogen and oxygen atoms in total. The highest BCUT2D eigenvalue weighted by Crippen LogP contribution is 2.21. The molecular weight excluding hydrogens is 248 g/mol. The first-order valence-electron chi connectivity index (χ1n) is 4.59. The molecule has 0 saturated heterocycles. The molecule has 0 amide bonds. The summed E-state index contributed by atoms with van der Waals surface area (Å²) in [6, 6.07) is 3.03. The van der Waals surface area contributed by atoms with Crippen molar-refractivity contribution < 1.29 is 14.3 Å². The lowest BCUT2D eigenvalue weighted by Crippen LogP contribution is -2.21. The molecule has 0 unspecified atom stereocenters. The van der Waals surface area contributed by atoms with Gasteiger partial charge in [-0.15, -0.1) is 0 Å². The number of aromatic nitrogens is 2. The Labute approximate surface area is 99.9 Å². The van der Waals surface area contributed by atoms with Crippen LogP contribution in [0.4, 0.5) is 0 Å². The molecule has 2 N–H and O–H groups in total. The predicted molar refractivity (Wildman–Crippen MR) is 59.3 cm³/mol. The lowest BCUT2D eigenvalue weighted by Gasteiger charge is -2.01. The monoisotopic (exact) mass is 254 g/mol. The van der Waals surface area contributed by atoms with Gasteiger partial charge in [0.2, 0.25) is 0 Å². The third-order valence-electron chi connectivity index (χ3n) is 2.12. The maximum absolute atomic E-state index is 11.5. The number of furan rings is 1. The zero-order valence-corrected chi connectivity index (χ0v) is 9.41. The van der Waals surface area contributed by atoms with Crippen LogP contribution in [0.2, 0.25) is 5.22 Å². The van der Waals surface area contributed by atoms with Gasteiger partial charge in [0.25, 0.3) is 5.56 Å². The van der Waals surface area contributed by atoms with Gasteiger partial charge in [-0.2, -0.15) is 0 Å². The SMILES string of the molecule is Cc1nc(-c2ccc(Cl)o2)[nH]c(=O)c1C(=O)O. The van der Waals surface area contributed by atoms with Crippen LogP contribution in [0.25, 0.3) is 11.6 Å². The van der Waals surface area contributed by atoms with E-state index in [1.807, 2.05) is 0 Å². The van der Waals surface area contributed by atoms with Crippen molar-refractivity contribution in [3.8, 4) is 11.6 Å². The van der Waals surface area contributed by atoms with Crippen LogP contribution in [0.15, 0.2) is 21.3 Å². The van der Waals surface area contributed by atoms with Gasteiger partial charge in [-0.1, -0.05) is 0 Å². The fourth-order valence-electron chi connectivity index (χ4n) is 1.40. The second-order valence-corrected chi connectivity index (χ2v) is 3.66. The summed E-state index contributed by atoms with van der Waals surface area (Å²) in [4.78, 5) is 28.6. The topological polar surface area (TPSA) is 96.2 Å². The van der Waals surface area contributed by atoms with Crippen LogP contribution in [-0.4, -0.2) is 21.0 Å². The number of carboxylic acid groups (broad SMARTS) is 1. The molecule has 17 heavy (non-hydrogen) atoms. The zero-order chi connectivity index (χ0) is 12.6. The summed E-state index contributed by atoms with van der Waals surface area (Å²) in [6.45, 7) is 1.44. The van der Waals surface area contributed by atoms with Crippen molar-refractivity contribution in [1.29, 1.82) is 0 Å². The summed E-state index contributed by atoms with van der Waals surface area (Å²) < 4.78 is 5.07. The normalized spacial score (nSPS) is 10.5. The Morgan fingerprint density at radius 1 is 1.53 bits per heavy atom. The van der Waals surface area contributed by atoms with Crippen LogP contribution < -0.4 is 5.56 Å².